The second-order valence-corrected chi connectivity index (χ2v) is 27.8. The number of hydrogen-bond acceptors (Lipinski definition) is 7. The average molecular weight is 1210 g/mol. The Labute approximate surface area is 522 Å². The second-order valence-electron chi connectivity index (χ2n) is 26.3. The number of nitrogens with zero attached hydrogens (tertiary/aromatic N) is 1. The minimum atomic E-state index is -4.39. The maximum Gasteiger partial charge on any atom is 0.472 e. The van der Waals surface area contributed by atoms with E-state index in [9.17, 15) is 19.0 Å². The Morgan fingerprint density at radius 3 is 0.952 bits per heavy atom. The van der Waals surface area contributed by atoms with Crippen molar-refractivity contribution in [3.63, 3.8) is 0 Å². The largest absolute Gasteiger partial charge is 0.472 e. The monoisotopic (exact) mass is 1210 g/mol. The van der Waals surface area contributed by atoms with Crippen molar-refractivity contribution in [3.05, 3.63) is 36.5 Å². The number of quaternary nitrogens is 1. The molecule has 0 amide bonds. The summed E-state index contributed by atoms with van der Waals surface area (Å²) < 4.78 is 34.7. The fourth-order valence-corrected chi connectivity index (χ4v) is 11.7. The van der Waals surface area contributed by atoms with Gasteiger partial charge in [-0.1, -0.05) is 326 Å². The molecule has 2 atom stereocenters. The first-order chi connectivity index (χ1) is 41.0. The van der Waals surface area contributed by atoms with Crippen molar-refractivity contribution in [1.29, 1.82) is 0 Å². The molecule has 84 heavy (non-hydrogen) atoms. The van der Waals surface area contributed by atoms with Gasteiger partial charge in [-0.25, -0.2) is 4.57 Å². The second kappa shape index (κ2) is 65.7. The molecule has 0 aromatic heterocycles. The molecule has 1 N–H and O–H groups in total. The van der Waals surface area contributed by atoms with Crippen LogP contribution in [0.1, 0.15) is 373 Å². The van der Waals surface area contributed by atoms with Gasteiger partial charge in [-0.05, 0) is 70.6 Å². The van der Waals surface area contributed by atoms with Crippen LogP contribution in [0.3, 0.4) is 0 Å². The van der Waals surface area contributed by atoms with Crippen molar-refractivity contribution < 1.29 is 42.1 Å². The van der Waals surface area contributed by atoms with E-state index < -0.39 is 26.5 Å². The van der Waals surface area contributed by atoms with E-state index in [1.54, 1.807) is 0 Å². The van der Waals surface area contributed by atoms with Crippen LogP contribution < -0.4 is 0 Å². The van der Waals surface area contributed by atoms with Gasteiger partial charge in [0.2, 0.25) is 0 Å². The van der Waals surface area contributed by atoms with Gasteiger partial charge >= 0.3 is 19.8 Å². The van der Waals surface area contributed by atoms with Crippen molar-refractivity contribution in [2.45, 2.75) is 380 Å². The Kier molecular flexibility index (Phi) is 64.3. The molecular weight excluding hydrogens is 1060 g/mol. The highest BCUT2D eigenvalue weighted by Gasteiger charge is 2.27. The molecule has 0 saturated carbocycles. The first-order valence-corrected chi connectivity index (χ1v) is 38.2. The minimum Gasteiger partial charge on any atom is -0.462 e. The summed E-state index contributed by atoms with van der Waals surface area (Å²) in [6.45, 7) is 4.48. The molecule has 10 heteroatoms. The number of ether oxygens (including phenoxy) is 2. The van der Waals surface area contributed by atoms with Crippen LogP contribution in [0, 0.1) is 0 Å². The van der Waals surface area contributed by atoms with E-state index in [0.29, 0.717) is 23.9 Å². The summed E-state index contributed by atoms with van der Waals surface area (Å²) in [5.41, 5.74) is 0. The summed E-state index contributed by atoms with van der Waals surface area (Å²) in [6, 6.07) is 0. The lowest BCUT2D eigenvalue weighted by Gasteiger charge is -2.24. The van der Waals surface area contributed by atoms with Crippen molar-refractivity contribution in [2.24, 2.45) is 0 Å². The van der Waals surface area contributed by atoms with E-state index in [2.05, 4.69) is 50.3 Å². The predicted octanol–water partition coefficient (Wildman–Crippen LogP) is 23.8. The number of likely N-dealkylation sites (N-methyl/N-ethyl adjacent to an activating group) is 1. The highest BCUT2D eigenvalue weighted by molar-refractivity contribution is 7.47. The van der Waals surface area contributed by atoms with Crippen LogP contribution in [0.5, 0.6) is 0 Å². The van der Waals surface area contributed by atoms with E-state index in [4.69, 9.17) is 18.5 Å². The molecule has 0 rings (SSSR count). The van der Waals surface area contributed by atoms with E-state index in [0.717, 1.165) is 38.5 Å². The van der Waals surface area contributed by atoms with Crippen LogP contribution in [0.2, 0.25) is 0 Å². The highest BCUT2D eigenvalue weighted by Crippen LogP contribution is 2.43. The van der Waals surface area contributed by atoms with Crippen molar-refractivity contribution in [2.75, 3.05) is 47.5 Å². The number of phosphoric acid groups is 1. The number of esters is 2. The third-order valence-corrected chi connectivity index (χ3v) is 17.6. The Morgan fingerprint density at radius 1 is 0.369 bits per heavy atom. The van der Waals surface area contributed by atoms with Gasteiger partial charge in [-0.3, -0.25) is 18.6 Å². The topological polar surface area (TPSA) is 108 Å². The lowest BCUT2D eigenvalue weighted by Crippen LogP contribution is -2.37. The number of carbonyl (C=O) groups is 2. The van der Waals surface area contributed by atoms with Crippen LogP contribution in [-0.4, -0.2) is 74.9 Å². The van der Waals surface area contributed by atoms with Gasteiger partial charge in [0, 0.05) is 12.8 Å². The normalized spacial score (nSPS) is 13.3. The maximum absolute atomic E-state index is 12.9. The average Bonchev–Trinajstić information content (AvgIpc) is 3.61. The summed E-state index contributed by atoms with van der Waals surface area (Å²) in [7, 11) is 1.50. The van der Waals surface area contributed by atoms with Crippen molar-refractivity contribution in [1.82, 2.24) is 0 Å². The van der Waals surface area contributed by atoms with Gasteiger partial charge in [0.15, 0.2) is 6.10 Å². The predicted molar refractivity (Wildman–Crippen MR) is 363 cm³/mol. The molecule has 0 spiro atoms. The fourth-order valence-electron chi connectivity index (χ4n) is 11.0. The molecule has 0 bridgehead atoms. The highest BCUT2D eigenvalue weighted by atomic mass is 31.2. The van der Waals surface area contributed by atoms with Gasteiger partial charge in [0.1, 0.15) is 19.8 Å². The molecule has 0 saturated heterocycles. The SMILES string of the molecule is CCCCCCC/C=C\C/C=C\CCCCCCCCCCCCCCCCCCCCCCCCCCCCCCCC(=O)OC(COC(=O)CCCCCCCCCCC/C=C\CCCCCCCC)COP(=O)(O)OCC[N+](C)(C)C. The van der Waals surface area contributed by atoms with E-state index in [1.807, 2.05) is 21.1 Å². The van der Waals surface area contributed by atoms with Gasteiger partial charge in [0.05, 0.1) is 27.7 Å². The number of rotatable bonds is 69. The first kappa shape index (κ1) is 82.2. The summed E-state index contributed by atoms with van der Waals surface area (Å²) >= 11 is 0. The van der Waals surface area contributed by atoms with Crippen LogP contribution in [0.25, 0.3) is 0 Å². The first-order valence-electron chi connectivity index (χ1n) is 36.7. The molecule has 0 aromatic carbocycles. The van der Waals surface area contributed by atoms with Gasteiger partial charge in [-0.2, -0.15) is 0 Å². The Hall–Kier alpha value is -1.77. The molecular formula is C74H143NO8P+. The standard InChI is InChI=1S/C74H142NO8P/c1-6-8-10-12-14-16-18-20-22-24-26-27-28-29-30-31-32-33-34-35-36-37-38-39-40-41-42-43-44-45-46-47-49-51-53-55-57-59-61-63-65-67-74(77)83-72(71-82-84(78,79)81-69-68-75(3,4)5)70-80-73(76)66-64-62-60-58-56-54-52-50-48-25-23-21-19-17-15-13-11-9-7-2/h18,20-21,23-24,26,72H,6-17,19,22,25,27-71H2,1-5H3/p+1/b20-18-,23-21-,26-24-. The molecule has 0 aliphatic rings. The Morgan fingerprint density at radius 2 is 0.643 bits per heavy atom. The minimum absolute atomic E-state index is 0.0344. The molecule has 496 valence electrons. The summed E-state index contributed by atoms with van der Waals surface area (Å²) in [4.78, 5) is 35.8. The third kappa shape index (κ3) is 69.3. The zero-order valence-electron chi connectivity index (χ0n) is 56.7. The molecule has 0 aliphatic heterocycles. The summed E-state index contributed by atoms with van der Waals surface area (Å²) in [6.07, 6.45) is 84.2. The lowest BCUT2D eigenvalue weighted by atomic mass is 10.0. The molecule has 0 heterocycles. The van der Waals surface area contributed by atoms with Gasteiger partial charge in [0.25, 0.3) is 0 Å². The summed E-state index contributed by atoms with van der Waals surface area (Å²) in [5.74, 6) is -0.779. The zero-order chi connectivity index (χ0) is 61.2. The Bertz CT molecular complexity index is 1510. The van der Waals surface area contributed by atoms with E-state index in [-0.39, 0.29) is 25.6 Å². The number of carbonyl (C=O) groups excluding carboxylic acids is 2. The maximum atomic E-state index is 12.9. The Balaban J connectivity index is 3.86. The number of unbranched alkanes of at least 4 members (excludes halogenated alkanes) is 49. The lowest BCUT2D eigenvalue weighted by molar-refractivity contribution is -0.870. The molecule has 2 unspecified atom stereocenters. The molecule has 9 nitrogen and oxygen atoms in total. The van der Waals surface area contributed by atoms with Crippen molar-refractivity contribution in [3.8, 4) is 0 Å². The molecule has 0 fully saturated rings. The van der Waals surface area contributed by atoms with Crippen molar-refractivity contribution >= 4 is 19.8 Å². The van der Waals surface area contributed by atoms with E-state index >= 15 is 0 Å². The third-order valence-electron chi connectivity index (χ3n) is 16.6. The van der Waals surface area contributed by atoms with Crippen LogP contribution in [0.15, 0.2) is 36.5 Å². The quantitative estimate of drug-likeness (QED) is 0.0211. The zero-order valence-corrected chi connectivity index (χ0v) is 57.6. The number of phosphoric ester groups is 1. The number of hydrogen-bond donors (Lipinski definition) is 1. The van der Waals surface area contributed by atoms with Gasteiger partial charge < -0.3 is 18.9 Å². The van der Waals surface area contributed by atoms with E-state index in [1.165, 1.54) is 302 Å². The fraction of sp³-hybridized carbons (Fsp3) is 0.892. The molecule has 0 radical (unpaired) electrons. The summed E-state index contributed by atoms with van der Waals surface area (Å²) in [5, 5.41) is 0. The van der Waals surface area contributed by atoms with Crippen LogP contribution >= 0.6 is 7.82 Å². The van der Waals surface area contributed by atoms with Crippen LogP contribution in [0.4, 0.5) is 0 Å². The van der Waals surface area contributed by atoms with Crippen LogP contribution in [-0.2, 0) is 32.7 Å². The molecule has 0 aromatic rings. The van der Waals surface area contributed by atoms with Gasteiger partial charge in [-0.15, -0.1) is 0 Å². The smallest absolute Gasteiger partial charge is 0.462 e. The number of allylic oxidation sites excluding steroid dienone is 6. The molecule has 0 aliphatic carbocycles.